The molecule has 1 aromatic heterocycles. The highest BCUT2D eigenvalue weighted by Crippen LogP contribution is 2.40. The zero-order valence-electron chi connectivity index (χ0n) is 13.0. The molecule has 2 nitrogen and oxygen atoms in total. The summed E-state index contributed by atoms with van der Waals surface area (Å²) in [5.74, 6) is 2.44. The fourth-order valence-electron chi connectivity index (χ4n) is 3.95. The standard InChI is InChI=1S/C17H28N2/c1-11-8-12(2)10-15(9-11)17(18-5)16-7-6-13(3)19-14(16)4/h6-7,11-12,15,17-18H,8-10H2,1-5H3. The summed E-state index contributed by atoms with van der Waals surface area (Å²) in [4.78, 5) is 4.64. The Kier molecular flexibility index (Phi) is 4.62. The lowest BCUT2D eigenvalue weighted by Crippen LogP contribution is -2.32. The van der Waals surface area contributed by atoms with Gasteiger partial charge in [-0.1, -0.05) is 19.9 Å². The molecule has 1 N–H and O–H groups in total. The Balaban J connectivity index is 2.23. The Morgan fingerprint density at radius 3 is 2.26 bits per heavy atom. The molecule has 1 aliphatic carbocycles. The second kappa shape index (κ2) is 6.04. The first kappa shape index (κ1) is 14.5. The highest BCUT2D eigenvalue weighted by molar-refractivity contribution is 5.26. The minimum atomic E-state index is 0.457. The van der Waals surface area contributed by atoms with Gasteiger partial charge in [-0.25, -0.2) is 0 Å². The summed E-state index contributed by atoms with van der Waals surface area (Å²) in [6, 6.07) is 4.86. The van der Waals surface area contributed by atoms with Crippen molar-refractivity contribution in [3.63, 3.8) is 0 Å². The lowest BCUT2D eigenvalue weighted by Gasteiger charge is -2.37. The third-order valence-electron chi connectivity index (χ3n) is 4.60. The first-order valence-corrected chi connectivity index (χ1v) is 7.62. The Bertz CT molecular complexity index is 417. The second-order valence-electron chi connectivity index (χ2n) is 6.57. The molecule has 0 aliphatic heterocycles. The molecule has 19 heavy (non-hydrogen) atoms. The van der Waals surface area contributed by atoms with Crippen molar-refractivity contribution in [1.82, 2.24) is 10.3 Å². The minimum absolute atomic E-state index is 0.457. The van der Waals surface area contributed by atoms with Crippen molar-refractivity contribution in [1.29, 1.82) is 0 Å². The SMILES string of the molecule is CNC(c1ccc(C)nc1C)C1CC(C)CC(C)C1. The molecular weight excluding hydrogens is 232 g/mol. The van der Waals surface area contributed by atoms with Crippen LogP contribution in [0.1, 0.15) is 56.1 Å². The van der Waals surface area contributed by atoms with Crippen LogP contribution in [0, 0.1) is 31.6 Å². The van der Waals surface area contributed by atoms with Crippen LogP contribution in [-0.2, 0) is 0 Å². The van der Waals surface area contributed by atoms with E-state index in [9.17, 15) is 0 Å². The van der Waals surface area contributed by atoms with Gasteiger partial charge in [-0.2, -0.15) is 0 Å². The number of rotatable bonds is 3. The molecule has 1 aromatic rings. The fourth-order valence-corrected chi connectivity index (χ4v) is 3.95. The molecule has 0 bridgehead atoms. The summed E-state index contributed by atoms with van der Waals surface area (Å²) >= 11 is 0. The number of nitrogens with one attached hydrogen (secondary N) is 1. The number of hydrogen-bond donors (Lipinski definition) is 1. The van der Waals surface area contributed by atoms with Crippen LogP contribution in [0.5, 0.6) is 0 Å². The Morgan fingerprint density at radius 1 is 1.11 bits per heavy atom. The van der Waals surface area contributed by atoms with Gasteiger partial charge in [-0.15, -0.1) is 0 Å². The van der Waals surface area contributed by atoms with Crippen LogP contribution in [0.4, 0.5) is 0 Å². The topological polar surface area (TPSA) is 24.9 Å². The van der Waals surface area contributed by atoms with Crippen molar-refractivity contribution in [3.05, 3.63) is 29.1 Å². The lowest BCUT2D eigenvalue weighted by molar-refractivity contribution is 0.180. The van der Waals surface area contributed by atoms with E-state index in [2.05, 4.69) is 57.2 Å². The zero-order valence-corrected chi connectivity index (χ0v) is 13.0. The smallest absolute Gasteiger partial charge is 0.0423 e. The van der Waals surface area contributed by atoms with Gasteiger partial charge in [0.05, 0.1) is 0 Å². The number of hydrogen-bond acceptors (Lipinski definition) is 2. The molecule has 0 amide bonds. The van der Waals surface area contributed by atoms with Gasteiger partial charge < -0.3 is 5.32 Å². The van der Waals surface area contributed by atoms with Crippen molar-refractivity contribution < 1.29 is 0 Å². The number of aryl methyl sites for hydroxylation is 2. The van der Waals surface area contributed by atoms with E-state index in [-0.39, 0.29) is 0 Å². The van der Waals surface area contributed by atoms with Gasteiger partial charge in [0, 0.05) is 17.4 Å². The van der Waals surface area contributed by atoms with Crippen LogP contribution >= 0.6 is 0 Å². The summed E-state index contributed by atoms with van der Waals surface area (Å²) in [5, 5.41) is 3.55. The molecule has 0 saturated heterocycles. The van der Waals surface area contributed by atoms with Crippen LogP contribution in [0.3, 0.4) is 0 Å². The third-order valence-corrected chi connectivity index (χ3v) is 4.60. The molecule has 106 valence electrons. The highest BCUT2D eigenvalue weighted by atomic mass is 14.9. The Hall–Kier alpha value is -0.890. The van der Waals surface area contributed by atoms with E-state index in [0.717, 1.165) is 23.4 Å². The summed E-state index contributed by atoms with van der Waals surface area (Å²) in [6.45, 7) is 9.00. The van der Waals surface area contributed by atoms with Gasteiger partial charge in [0.2, 0.25) is 0 Å². The molecule has 3 atom stereocenters. The summed E-state index contributed by atoms with van der Waals surface area (Å²) in [6.07, 6.45) is 4.06. The zero-order chi connectivity index (χ0) is 14.0. The third kappa shape index (κ3) is 3.36. The van der Waals surface area contributed by atoms with Gasteiger partial charge >= 0.3 is 0 Å². The van der Waals surface area contributed by atoms with Gasteiger partial charge in [0.25, 0.3) is 0 Å². The van der Waals surface area contributed by atoms with Gasteiger partial charge in [-0.05, 0) is 69.5 Å². The number of nitrogens with zero attached hydrogens (tertiary/aromatic N) is 1. The fraction of sp³-hybridized carbons (Fsp3) is 0.706. The Morgan fingerprint density at radius 2 is 1.74 bits per heavy atom. The van der Waals surface area contributed by atoms with E-state index in [0.29, 0.717) is 6.04 Å². The minimum Gasteiger partial charge on any atom is -0.313 e. The van der Waals surface area contributed by atoms with E-state index in [1.807, 2.05) is 0 Å². The normalized spacial score (nSPS) is 29.2. The lowest BCUT2D eigenvalue weighted by atomic mass is 9.72. The molecule has 1 heterocycles. The predicted molar refractivity (Wildman–Crippen MR) is 81.2 cm³/mol. The molecule has 1 aliphatic rings. The van der Waals surface area contributed by atoms with Crippen LogP contribution in [0.15, 0.2) is 12.1 Å². The maximum absolute atomic E-state index is 4.64. The molecule has 3 unspecified atom stereocenters. The number of aromatic nitrogens is 1. The van der Waals surface area contributed by atoms with Crippen molar-refractivity contribution in [2.45, 2.75) is 53.0 Å². The largest absolute Gasteiger partial charge is 0.313 e. The van der Waals surface area contributed by atoms with Crippen molar-refractivity contribution in [2.75, 3.05) is 7.05 Å². The van der Waals surface area contributed by atoms with E-state index in [4.69, 9.17) is 0 Å². The van der Waals surface area contributed by atoms with Crippen molar-refractivity contribution in [3.8, 4) is 0 Å². The summed E-state index contributed by atoms with van der Waals surface area (Å²) < 4.78 is 0. The van der Waals surface area contributed by atoms with Crippen LogP contribution in [-0.4, -0.2) is 12.0 Å². The maximum atomic E-state index is 4.64. The second-order valence-corrected chi connectivity index (χ2v) is 6.57. The first-order valence-electron chi connectivity index (χ1n) is 7.62. The summed E-state index contributed by atoms with van der Waals surface area (Å²) in [5.41, 5.74) is 3.69. The van der Waals surface area contributed by atoms with E-state index >= 15 is 0 Å². The van der Waals surface area contributed by atoms with Crippen molar-refractivity contribution >= 4 is 0 Å². The summed E-state index contributed by atoms with van der Waals surface area (Å²) in [7, 11) is 2.09. The van der Waals surface area contributed by atoms with E-state index in [1.165, 1.54) is 30.5 Å². The van der Waals surface area contributed by atoms with Gasteiger partial charge in [-0.3, -0.25) is 4.98 Å². The average molecular weight is 260 g/mol. The van der Waals surface area contributed by atoms with Crippen LogP contribution in [0.25, 0.3) is 0 Å². The van der Waals surface area contributed by atoms with E-state index in [1.54, 1.807) is 0 Å². The molecule has 1 saturated carbocycles. The molecule has 1 fully saturated rings. The molecule has 0 radical (unpaired) electrons. The van der Waals surface area contributed by atoms with Crippen LogP contribution in [0.2, 0.25) is 0 Å². The average Bonchev–Trinajstić information content (AvgIpc) is 2.31. The number of pyridine rings is 1. The van der Waals surface area contributed by atoms with Crippen LogP contribution < -0.4 is 5.32 Å². The highest BCUT2D eigenvalue weighted by Gasteiger charge is 2.30. The quantitative estimate of drug-likeness (QED) is 0.887. The van der Waals surface area contributed by atoms with E-state index < -0.39 is 0 Å². The molecule has 2 rings (SSSR count). The predicted octanol–water partition coefficient (Wildman–Crippen LogP) is 4.03. The molecule has 0 aromatic carbocycles. The Labute approximate surface area is 118 Å². The first-order chi connectivity index (χ1) is 9.01. The monoisotopic (exact) mass is 260 g/mol. The molecule has 2 heteroatoms. The molecular formula is C17H28N2. The molecule has 0 spiro atoms. The maximum Gasteiger partial charge on any atom is 0.0423 e. The van der Waals surface area contributed by atoms with Gasteiger partial charge in [0.1, 0.15) is 0 Å². The van der Waals surface area contributed by atoms with Gasteiger partial charge in [0.15, 0.2) is 0 Å². The van der Waals surface area contributed by atoms with Crippen molar-refractivity contribution in [2.24, 2.45) is 17.8 Å².